The molecule has 18 heavy (non-hydrogen) atoms. The predicted octanol–water partition coefficient (Wildman–Crippen LogP) is 4.31. The highest BCUT2D eigenvalue weighted by atomic mass is 15.0. The van der Waals surface area contributed by atoms with E-state index in [1.807, 2.05) is 0 Å². The van der Waals surface area contributed by atoms with Crippen LogP contribution >= 0.6 is 0 Å². The topological polar surface area (TPSA) is 12.0 Å². The third-order valence-electron chi connectivity index (χ3n) is 3.19. The Kier molecular flexibility index (Phi) is 5.95. The number of hydrogen-bond donors (Lipinski definition) is 1. The number of terminal acetylenes is 1. The first-order chi connectivity index (χ1) is 8.59. The van der Waals surface area contributed by atoms with Gasteiger partial charge in [-0.15, -0.1) is 6.42 Å². The highest BCUT2D eigenvalue weighted by Gasteiger charge is 2.20. The van der Waals surface area contributed by atoms with Crippen LogP contribution in [0.2, 0.25) is 0 Å². The van der Waals surface area contributed by atoms with Crippen molar-refractivity contribution < 1.29 is 0 Å². The number of hydrogen-bond acceptors (Lipinski definition) is 1. The minimum absolute atomic E-state index is 0.257. The number of unbranched alkanes of at least 4 members (excludes halogenated alkanes) is 2. The van der Waals surface area contributed by atoms with Gasteiger partial charge in [-0.25, -0.2) is 0 Å². The number of rotatable bonds is 7. The molecule has 1 atom stereocenters. The molecule has 0 bridgehead atoms. The van der Waals surface area contributed by atoms with Gasteiger partial charge in [-0.05, 0) is 25.8 Å². The van der Waals surface area contributed by atoms with E-state index in [1.54, 1.807) is 0 Å². The Labute approximate surface area is 112 Å². The van der Waals surface area contributed by atoms with E-state index >= 15 is 0 Å². The lowest BCUT2D eigenvalue weighted by molar-refractivity contribution is 0.384. The Balaban J connectivity index is 2.73. The van der Waals surface area contributed by atoms with Crippen LogP contribution in [-0.4, -0.2) is 5.54 Å². The third kappa shape index (κ3) is 4.94. The average Bonchev–Trinajstić information content (AvgIpc) is 2.39. The second-order valence-corrected chi connectivity index (χ2v) is 5.37. The van der Waals surface area contributed by atoms with Gasteiger partial charge in [0.1, 0.15) is 0 Å². The molecule has 1 aromatic carbocycles. The molecule has 1 aromatic rings. The molecule has 1 nitrogen and oxygen atoms in total. The van der Waals surface area contributed by atoms with Crippen LogP contribution in [-0.2, 0) is 0 Å². The summed E-state index contributed by atoms with van der Waals surface area (Å²) in [6, 6.07) is 10.9. The zero-order chi connectivity index (χ0) is 13.4. The van der Waals surface area contributed by atoms with E-state index in [9.17, 15) is 0 Å². The first-order valence-electron chi connectivity index (χ1n) is 6.89. The van der Waals surface area contributed by atoms with Crippen molar-refractivity contribution in [2.75, 3.05) is 0 Å². The van der Waals surface area contributed by atoms with E-state index in [2.05, 4.69) is 62.3 Å². The highest BCUT2D eigenvalue weighted by Crippen LogP contribution is 2.22. The summed E-state index contributed by atoms with van der Waals surface area (Å²) >= 11 is 0. The Morgan fingerprint density at radius 3 is 2.44 bits per heavy atom. The van der Waals surface area contributed by atoms with Gasteiger partial charge in [0.05, 0.1) is 5.54 Å². The van der Waals surface area contributed by atoms with Crippen LogP contribution in [0.1, 0.15) is 58.1 Å². The van der Waals surface area contributed by atoms with E-state index in [-0.39, 0.29) is 5.54 Å². The zero-order valence-electron chi connectivity index (χ0n) is 11.9. The smallest absolute Gasteiger partial charge is 0.0745 e. The van der Waals surface area contributed by atoms with Gasteiger partial charge in [0.2, 0.25) is 0 Å². The lowest BCUT2D eigenvalue weighted by Gasteiger charge is -2.28. The molecule has 0 spiro atoms. The fourth-order valence-corrected chi connectivity index (χ4v) is 2.08. The molecule has 0 radical (unpaired) electrons. The number of nitrogens with one attached hydrogen (secondary N) is 1. The van der Waals surface area contributed by atoms with Crippen LogP contribution in [0.15, 0.2) is 30.3 Å². The summed E-state index contributed by atoms with van der Waals surface area (Å²) < 4.78 is 0. The van der Waals surface area contributed by atoms with Crippen molar-refractivity contribution in [3.63, 3.8) is 0 Å². The molecule has 0 aliphatic rings. The van der Waals surface area contributed by atoms with E-state index in [0.29, 0.717) is 6.04 Å². The fourth-order valence-electron chi connectivity index (χ4n) is 2.08. The van der Waals surface area contributed by atoms with Crippen LogP contribution in [0.3, 0.4) is 0 Å². The molecule has 0 heterocycles. The summed E-state index contributed by atoms with van der Waals surface area (Å²) in [6.45, 7) is 6.35. The molecule has 0 aliphatic carbocycles. The molecular formula is C17H25N. The Morgan fingerprint density at radius 1 is 1.22 bits per heavy atom. The third-order valence-corrected chi connectivity index (χ3v) is 3.19. The minimum atomic E-state index is -0.257. The minimum Gasteiger partial charge on any atom is -0.295 e. The van der Waals surface area contributed by atoms with Gasteiger partial charge in [-0.3, -0.25) is 5.32 Å². The molecule has 0 fully saturated rings. The summed E-state index contributed by atoms with van der Waals surface area (Å²) in [5.74, 6) is 2.82. The van der Waals surface area contributed by atoms with Gasteiger partial charge in [-0.2, -0.15) is 0 Å². The quantitative estimate of drug-likeness (QED) is 0.556. The maximum absolute atomic E-state index is 5.58. The summed E-state index contributed by atoms with van der Waals surface area (Å²) in [7, 11) is 0. The molecule has 0 saturated carbocycles. The van der Waals surface area contributed by atoms with Crippen molar-refractivity contribution in [3.05, 3.63) is 35.9 Å². The van der Waals surface area contributed by atoms with Gasteiger partial charge < -0.3 is 0 Å². The SMILES string of the molecule is C#CC(C)(C)NC(CCCCC)c1ccccc1. The normalized spacial score (nSPS) is 13.0. The molecule has 1 unspecified atom stereocenters. The standard InChI is InChI=1S/C17H25N/c1-5-7-9-14-16(18-17(3,4)6-2)15-12-10-8-11-13-15/h2,8,10-13,16,18H,5,7,9,14H2,1,3-4H3. The van der Waals surface area contributed by atoms with E-state index in [4.69, 9.17) is 6.42 Å². The molecule has 0 aliphatic heterocycles. The molecule has 1 rings (SSSR count). The van der Waals surface area contributed by atoms with Crippen molar-refractivity contribution in [1.29, 1.82) is 0 Å². The van der Waals surface area contributed by atoms with Crippen molar-refractivity contribution in [1.82, 2.24) is 5.32 Å². The maximum Gasteiger partial charge on any atom is 0.0745 e. The summed E-state index contributed by atoms with van der Waals surface area (Å²) in [4.78, 5) is 0. The number of benzene rings is 1. The maximum atomic E-state index is 5.58. The first kappa shape index (κ1) is 14.8. The highest BCUT2D eigenvalue weighted by molar-refractivity contribution is 5.21. The van der Waals surface area contributed by atoms with Crippen LogP contribution in [0.25, 0.3) is 0 Å². The molecule has 1 N–H and O–H groups in total. The average molecular weight is 243 g/mol. The summed E-state index contributed by atoms with van der Waals surface area (Å²) in [6.07, 6.45) is 10.5. The van der Waals surface area contributed by atoms with Gasteiger partial charge in [0.25, 0.3) is 0 Å². The first-order valence-corrected chi connectivity index (χ1v) is 6.89. The van der Waals surface area contributed by atoms with Crippen LogP contribution in [0.5, 0.6) is 0 Å². The second-order valence-electron chi connectivity index (χ2n) is 5.37. The van der Waals surface area contributed by atoms with Crippen molar-refractivity contribution in [2.45, 2.75) is 58.0 Å². The molecule has 98 valence electrons. The van der Waals surface area contributed by atoms with E-state index in [1.165, 1.54) is 24.8 Å². The molecule has 0 aromatic heterocycles. The zero-order valence-corrected chi connectivity index (χ0v) is 11.9. The van der Waals surface area contributed by atoms with Crippen LogP contribution in [0.4, 0.5) is 0 Å². The molecular weight excluding hydrogens is 218 g/mol. The van der Waals surface area contributed by atoms with E-state index in [0.717, 1.165) is 6.42 Å². The second kappa shape index (κ2) is 7.24. The van der Waals surface area contributed by atoms with Gasteiger partial charge in [0.15, 0.2) is 0 Å². The van der Waals surface area contributed by atoms with Crippen LogP contribution < -0.4 is 5.32 Å². The molecule has 0 saturated heterocycles. The van der Waals surface area contributed by atoms with Crippen molar-refractivity contribution >= 4 is 0 Å². The Morgan fingerprint density at radius 2 is 1.89 bits per heavy atom. The van der Waals surface area contributed by atoms with Crippen molar-refractivity contribution in [2.24, 2.45) is 0 Å². The molecule has 1 heteroatoms. The molecule has 0 amide bonds. The monoisotopic (exact) mass is 243 g/mol. The lowest BCUT2D eigenvalue weighted by atomic mass is 9.96. The fraction of sp³-hybridized carbons (Fsp3) is 0.529. The van der Waals surface area contributed by atoms with Crippen LogP contribution in [0, 0.1) is 12.3 Å². The van der Waals surface area contributed by atoms with Gasteiger partial charge in [-0.1, -0.05) is 62.4 Å². The lowest BCUT2D eigenvalue weighted by Crippen LogP contribution is -2.40. The Hall–Kier alpha value is -1.26. The summed E-state index contributed by atoms with van der Waals surface area (Å²) in [5.41, 5.74) is 1.07. The Bertz CT molecular complexity index is 372. The van der Waals surface area contributed by atoms with E-state index < -0.39 is 0 Å². The predicted molar refractivity (Wildman–Crippen MR) is 79.4 cm³/mol. The van der Waals surface area contributed by atoms with Gasteiger partial charge >= 0.3 is 0 Å². The largest absolute Gasteiger partial charge is 0.295 e. The summed E-state index contributed by atoms with van der Waals surface area (Å²) in [5, 5.41) is 3.58. The van der Waals surface area contributed by atoms with Gasteiger partial charge in [0, 0.05) is 6.04 Å². The van der Waals surface area contributed by atoms with Crippen molar-refractivity contribution in [3.8, 4) is 12.3 Å².